The van der Waals surface area contributed by atoms with Gasteiger partial charge in [0.05, 0.1) is 19.8 Å². The first-order valence-corrected chi connectivity index (χ1v) is 6.76. The first-order chi connectivity index (χ1) is 8.80. The standard InChI is InChI=1S/C15H23NO2/c1-3-18-14-7-4-6-13(10-14)15(11-17-12-15)8-5-9-16-2/h4,6-7,10,16H,3,5,8-9,11-12H2,1-2H3. The molecule has 1 aromatic carbocycles. The van der Waals surface area contributed by atoms with E-state index in [1.54, 1.807) is 0 Å². The summed E-state index contributed by atoms with van der Waals surface area (Å²) in [5, 5.41) is 3.21. The summed E-state index contributed by atoms with van der Waals surface area (Å²) in [5.41, 5.74) is 1.57. The maximum atomic E-state index is 5.58. The maximum Gasteiger partial charge on any atom is 0.119 e. The van der Waals surface area contributed by atoms with Gasteiger partial charge >= 0.3 is 0 Å². The van der Waals surface area contributed by atoms with Gasteiger partial charge in [0.15, 0.2) is 0 Å². The Morgan fingerprint density at radius 2 is 2.22 bits per heavy atom. The van der Waals surface area contributed by atoms with E-state index in [4.69, 9.17) is 9.47 Å². The molecule has 0 bridgehead atoms. The zero-order valence-electron chi connectivity index (χ0n) is 11.4. The van der Waals surface area contributed by atoms with Crippen molar-refractivity contribution in [2.24, 2.45) is 0 Å². The van der Waals surface area contributed by atoms with E-state index in [9.17, 15) is 0 Å². The van der Waals surface area contributed by atoms with Gasteiger partial charge in [0.1, 0.15) is 5.75 Å². The molecule has 0 amide bonds. The van der Waals surface area contributed by atoms with Crippen LogP contribution in [0, 0.1) is 0 Å². The van der Waals surface area contributed by atoms with Crippen LogP contribution in [0.3, 0.4) is 0 Å². The van der Waals surface area contributed by atoms with Crippen LogP contribution in [0.15, 0.2) is 24.3 Å². The molecule has 3 nitrogen and oxygen atoms in total. The fraction of sp³-hybridized carbons (Fsp3) is 0.600. The molecule has 2 rings (SSSR count). The maximum absolute atomic E-state index is 5.58. The zero-order chi connectivity index (χ0) is 12.8. The van der Waals surface area contributed by atoms with Gasteiger partial charge in [0.25, 0.3) is 0 Å². The SMILES string of the molecule is CCOc1cccc(C2(CCCNC)COC2)c1. The second kappa shape index (κ2) is 6.21. The summed E-state index contributed by atoms with van der Waals surface area (Å²) < 4.78 is 11.0. The molecule has 1 fully saturated rings. The molecule has 18 heavy (non-hydrogen) atoms. The number of rotatable bonds is 7. The van der Waals surface area contributed by atoms with E-state index in [0.717, 1.165) is 25.5 Å². The van der Waals surface area contributed by atoms with Gasteiger partial charge in [0, 0.05) is 5.41 Å². The molecule has 0 saturated carbocycles. The number of nitrogens with one attached hydrogen (secondary N) is 1. The van der Waals surface area contributed by atoms with Crippen molar-refractivity contribution in [1.29, 1.82) is 0 Å². The van der Waals surface area contributed by atoms with Crippen LogP contribution in [-0.2, 0) is 10.2 Å². The van der Waals surface area contributed by atoms with Crippen molar-refractivity contribution < 1.29 is 9.47 Å². The highest BCUT2D eigenvalue weighted by atomic mass is 16.5. The van der Waals surface area contributed by atoms with E-state index < -0.39 is 0 Å². The Kier molecular flexibility index (Phi) is 4.61. The van der Waals surface area contributed by atoms with Crippen molar-refractivity contribution in [2.45, 2.75) is 25.2 Å². The minimum absolute atomic E-state index is 0.212. The first kappa shape index (κ1) is 13.4. The van der Waals surface area contributed by atoms with E-state index in [1.165, 1.54) is 18.4 Å². The molecular formula is C15H23NO2. The molecular weight excluding hydrogens is 226 g/mol. The summed E-state index contributed by atoms with van der Waals surface area (Å²) in [6.07, 6.45) is 2.35. The third kappa shape index (κ3) is 2.85. The highest BCUT2D eigenvalue weighted by molar-refractivity contribution is 5.35. The molecule has 1 saturated heterocycles. The van der Waals surface area contributed by atoms with Crippen LogP contribution in [0.5, 0.6) is 5.75 Å². The third-order valence-corrected chi connectivity index (χ3v) is 3.60. The van der Waals surface area contributed by atoms with Gasteiger partial charge in [-0.3, -0.25) is 0 Å². The number of hydrogen-bond donors (Lipinski definition) is 1. The monoisotopic (exact) mass is 249 g/mol. The molecule has 0 aliphatic carbocycles. The average Bonchev–Trinajstić information content (AvgIpc) is 2.33. The van der Waals surface area contributed by atoms with Crippen LogP contribution in [-0.4, -0.2) is 33.4 Å². The molecule has 0 aromatic heterocycles. The van der Waals surface area contributed by atoms with Crippen LogP contribution in [0.2, 0.25) is 0 Å². The van der Waals surface area contributed by atoms with Crippen LogP contribution in [0.25, 0.3) is 0 Å². The van der Waals surface area contributed by atoms with Gasteiger partial charge < -0.3 is 14.8 Å². The minimum atomic E-state index is 0.212. The van der Waals surface area contributed by atoms with E-state index in [1.807, 2.05) is 20.0 Å². The van der Waals surface area contributed by atoms with E-state index in [0.29, 0.717) is 6.61 Å². The lowest BCUT2D eigenvalue weighted by Gasteiger charge is -2.42. The van der Waals surface area contributed by atoms with Crippen LogP contribution < -0.4 is 10.1 Å². The normalized spacial score (nSPS) is 17.2. The minimum Gasteiger partial charge on any atom is -0.494 e. The summed E-state index contributed by atoms with van der Waals surface area (Å²) in [7, 11) is 2.00. The lowest BCUT2D eigenvalue weighted by molar-refractivity contribution is -0.0651. The fourth-order valence-electron chi connectivity index (χ4n) is 2.49. The Balaban J connectivity index is 2.08. The van der Waals surface area contributed by atoms with E-state index in [-0.39, 0.29) is 5.41 Å². The molecule has 1 heterocycles. The second-order valence-corrected chi connectivity index (χ2v) is 4.94. The Morgan fingerprint density at radius 3 is 2.83 bits per heavy atom. The van der Waals surface area contributed by atoms with Crippen LogP contribution in [0.4, 0.5) is 0 Å². The number of hydrogen-bond acceptors (Lipinski definition) is 3. The molecule has 0 radical (unpaired) electrons. The summed E-state index contributed by atoms with van der Waals surface area (Å²) in [4.78, 5) is 0. The second-order valence-electron chi connectivity index (χ2n) is 4.94. The van der Waals surface area contributed by atoms with Crippen molar-refractivity contribution in [3.8, 4) is 5.75 Å². The fourth-order valence-corrected chi connectivity index (χ4v) is 2.49. The molecule has 1 aliphatic rings. The smallest absolute Gasteiger partial charge is 0.119 e. The lowest BCUT2D eigenvalue weighted by Crippen LogP contribution is -2.47. The van der Waals surface area contributed by atoms with Crippen molar-refractivity contribution in [3.05, 3.63) is 29.8 Å². The molecule has 1 aromatic rings. The van der Waals surface area contributed by atoms with Crippen LogP contribution in [0.1, 0.15) is 25.3 Å². The van der Waals surface area contributed by atoms with Gasteiger partial charge in [-0.25, -0.2) is 0 Å². The quantitative estimate of drug-likeness (QED) is 0.752. The average molecular weight is 249 g/mol. The summed E-state index contributed by atoms with van der Waals surface area (Å²) in [6.45, 7) is 5.47. The van der Waals surface area contributed by atoms with Crippen molar-refractivity contribution >= 4 is 0 Å². The Labute approximate surface area is 109 Å². The van der Waals surface area contributed by atoms with Crippen LogP contribution >= 0.6 is 0 Å². The Bertz CT molecular complexity index is 375. The lowest BCUT2D eigenvalue weighted by atomic mass is 9.75. The molecule has 100 valence electrons. The summed E-state index contributed by atoms with van der Waals surface area (Å²) >= 11 is 0. The molecule has 0 unspecified atom stereocenters. The highest BCUT2D eigenvalue weighted by Crippen LogP contribution is 2.38. The number of ether oxygens (including phenoxy) is 2. The van der Waals surface area contributed by atoms with Gasteiger partial charge in [-0.15, -0.1) is 0 Å². The van der Waals surface area contributed by atoms with Crippen molar-refractivity contribution in [3.63, 3.8) is 0 Å². The largest absolute Gasteiger partial charge is 0.494 e. The molecule has 1 N–H and O–H groups in total. The predicted octanol–water partition coefficient (Wildman–Crippen LogP) is 2.35. The van der Waals surface area contributed by atoms with Gasteiger partial charge in [-0.05, 0) is 51.1 Å². The van der Waals surface area contributed by atoms with Gasteiger partial charge in [0.2, 0.25) is 0 Å². The molecule has 0 atom stereocenters. The molecule has 0 spiro atoms. The predicted molar refractivity (Wildman–Crippen MR) is 73.3 cm³/mol. The Morgan fingerprint density at radius 1 is 1.39 bits per heavy atom. The topological polar surface area (TPSA) is 30.5 Å². The van der Waals surface area contributed by atoms with E-state index in [2.05, 4.69) is 23.5 Å². The highest BCUT2D eigenvalue weighted by Gasteiger charge is 2.39. The Hall–Kier alpha value is -1.06. The van der Waals surface area contributed by atoms with Crippen molar-refractivity contribution in [1.82, 2.24) is 5.32 Å². The van der Waals surface area contributed by atoms with E-state index >= 15 is 0 Å². The number of benzene rings is 1. The van der Waals surface area contributed by atoms with Crippen molar-refractivity contribution in [2.75, 3.05) is 33.4 Å². The molecule has 1 aliphatic heterocycles. The zero-order valence-corrected chi connectivity index (χ0v) is 11.4. The first-order valence-electron chi connectivity index (χ1n) is 6.76. The molecule has 3 heteroatoms. The summed E-state index contributed by atoms with van der Waals surface area (Å²) in [6, 6.07) is 8.47. The summed E-state index contributed by atoms with van der Waals surface area (Å²) in [5.74, 6) is 0.967. The third-order valence-electron chi connectivity index (χ3n) is 3.60. The van der Waals surface area contributed by atoms with Gasteiger partial charge in [-0.1, -0.05) is 12.1 Å². The van der Waals surface area contributed by atoms with Gasteiger partial charge in [-0.2, -0.15) is 0 Å².